The molecule has 2 aromatic carbocycles. The third-order valence-corrected chi connectivity index (χ3v) is 5.47. The highest BCUT2D eigenvalue weighted by atomic mass is 16.3. The summed E-state index contributed by atoms with van der Waals surface area (Å²) in [6.45, 7) is 11.0. The lowest BCUT2D eigenvalue weighted by molar-refractivity contribution is -0.271. The Morgan fingerprint density at radius 1 is 0.484 bits per heavy atom. The predicted molar refractivity (Wildman–Crippen MR) is 121 cm³/mol. The highest BCUT2D eigenvalue weighted by Gasteiger charge is 2.05. The van der Waals surface area contributed by atoms with Gasteiger partial charge in [0.25, 0.3) is 0 Å². The summed E-state index contributed by atoms with van der Waals surface area (Å²) in [7, 11) is 0. The van der Waals surface area contributed by atoms with E-state index in [9.17, 15) is 10.2 Å². The van der Waals surface area contributed by atoms with Crippen LogP contribution < -0.4 is 36.8 Å². The predicted octanol–water partition coefficient (Wildman–Crippen LogP) is 0.112. The minimum absolute atomic E-state index is 0.116. The number of rotatable bonds is 0. The van der Waals surface area contributed by atoms with Crippen molar-refractivity contribution >= 4 is 0 Å². The van der Waals surface area contributed by atoms with E-state index in [2.05, 4.69) is 26.6 Å². The molecule has 0 aliphatic carbocycles. The first-order chi connectivity index (χ1) is 15.0. The van der Waals surface area contributed by atoms with Gasteiger partial charge in [0, 0.05) is 65.4 Å². The van der Waals surface area contributed by atoms with Gasteiger partial charge in [-0.2, -0.15) is 0 Å². The van der Waals surface area contributed by atoms with Gasteiger partial charge in [0.2, 0.25) is 0 Å². The number of hydrogen-bond acceptors (Lipinski definition) is 7. The summed E-state index contributed by atoms with van der Waals surface area (Å²) in [6.07, 6.45) is 0. The van der Waals surface area contributed by atoms with Crippen molar-refractivity contribution in [2.45, 2.75) is 40.0 Å². The van der Waals surface area contributed by atoms with Gasteiger partial charge in [-0.1, -0.05) is 46.9 Å². The highest BCUT2D eigenvalue weighted by Crippen LogP contribution is 2.23. The zero-order valence-electron chi connectivity index (χ0n) is 18.7. The molecule has 0 saturated carbocycles. The molecule has 1 aliphatic heterocycles. The van der Waals surface area contributed by atoms with Crippen molar-refractivity contribution < 1.29 is 10.2 Å². The molecular weight excluding hydrogens is 390 g/mol. The quantitative estimate of drug-likeness (QED) is 0.408. The molecule has 2 aromatic rings. The van der Waals surface area contributed by atoms with E-state index in [1.165, 1.54) is 0 Å². The van der Waals surface area contributed by atoms with E-state index in [1.807, 2.05) is 38.1 Å². The van der Waals surface area contributed by atoms with E-state index < -0.39 is 0 Å². The van der Waals surface area contributed by atoms with Crippen LogP contribution in [0.3, 0.4) is 0 Å². The van der Waals surface area contributed by atoms with Crippen molar-refractivity contribution in [1.29, 1.82) is 0 Å². The zero-order valence-corrected chi connectivity index (χ0v) is 18.7. The number of aryl methyl sites for hydroxylation is 2. The zero-order chi connectivity index (χ0) is 22.1. The molecule has 5 N–H and O–H groups in total. The van der Waals surface area contributed by atoms with Crippen LogP contribution in [0.4, 0.5) is 0 Å². The maximum Gasteiger partial charge on any atom is 0.0200 e. The van der Waals surface area contributed by atoms with Gasteiger partial charge in [0.05, 0.1) is 0 Å². The normalized spacial score (nSPS) is 17.6. The van der Waals surface area contributed by atoms with Crippen LogP contribution >= 0.6 is 0 Å². The van der Waals surface area contributed by atoms with Crippen LogP contribution in [-0.4, -0.2) is 39.3 Å². The van der Waals surface area contributed by atoms with Crippen molar-refractivity contribution in [2.24, 2.45) is 0 Å². The molecule has 170 valence electrons. The average molecular weight is 426 g/mol. The lowest BCUT2D eigenvalue weighted by atomic mass is 10.0. The Kier molecular flexibility index (Phi) is 9.12. The van der Waals surface area contributed by atoms with E-state index in [-0.39, 0.29) is 11.5 Å². The maximum absolute atomic E-state index is 12.8. The highest BCUT2D eigenvalue weighted by molar-refractivity contribution is 5.43. The molecule has 3 rings (SSSR count). The fraction of sp³-hybridized carbons (Fsp3) is 0.500. The molecule has 0 saturated heterocycles. The molecule has 4 bridgehead atoms. The topological polar surface area (TPSA) is 106 Å². The number of hydrogen-bond donors (Lipinski definition) is 5. The number of nitrogens with one attached hydrogen (secondary N) is 5. The summed E-state index contributed by atoms with van der Waals surface area (Å²) in [5.41, 5.74) is 5.45. The Morgan fingerprint density at radius 3 is 1.03 bits per heavy atom. The Bertz CT molecular complexity index is 787. The molecule has 0 radical (unpaired) electrons. The fourth-order valence-corrected chi connectivity index (χ4v) is 3.93. The van der Waals surface area contributed by atoms with Gasteiger partial charge in [-0.05, 0) is 36.1 Å². The summed E-state index contributed by atoms with van der Waals surface area (Å²) in [4.78, 5) is 0. The molecule has 0 amide bonds. The van der Waals surface area contributed by atoms with Crippen LogP contribution in [0.15, 0.2) is 24.3 Å². The third kappa shape index (κ3) is 7.19. The van der Waals surface area contributed by atoms with Crippen LogP contribution in [-0.2, 0) is 26.2 Å². The van der Waals surface area contributed by atoms with Gasteiger partial charge in [0.1, 0.15) is 0 Å². The second-order valence-electron chi connectivity index (χ2n) is 8.28. The van der Waals surface area contributed by atoms with Crippen LogP contribution in [0.1, 0.15) is 33.4 Å². The van der Waals surface area contributed by atoms with Crippen molar-refractivity contribution in [3.63, 3.8) is 0 Å². The minimum atomic E-state index is 0.116. The number of fused-ring (bicyclic) bond motifs is 4. The van der Waals surface area contributed by atoms with Gasteiger partial charge in [-0.25, -0.2) is 0 Å². The molecule has 1 aliphatic rings. The average Bonchev–Trinajstić information content (AvgIpc) is 2.74. The molecule has 0 spiro atoms. The van der Waals surface area contributed by atoms with E-state index in [4.69, 9.17) is 0 Å². The molecule has 7 heteroatoms. The maximum atomic E-state index is 12.8. The van der Waals surface area contributed by atoms with Crippen molar-refractivity contribution in [3.05, 3.63) is 57.6 Å². The molecule has 0 fully saturated rings. The smallest absolute Gasteiger partial charge is 0.0200 e. The first kappa shape index (κ1) is 23.5. The minimum Gasteiger partial charge on any atom is -0.872 e. The molecule has 31 heavy (non-hydrogen) atoms. The molecule has 1 heterocycles. The second-order valence-corrected chi connectivity index (χ2v) is 8.28. The third-order valence-electron chi connectivity index (χ3n) is 5.47. The van der Waals surface area contributed by atoms with Crippen LogP contribution in [0.5, 0.6) is 11.5 Å². The Morgan fingerprint density at radius 2 is 0.742 bits per heavy atom. The van der Waals surface area contributed by atoms with Crippen molar-refractivity contribution in [1.82, 2.24) is 26.6 Å². The molecule has 7 nitrogen and oxygen atoms in total. The van der Waals surface area contributed by atoms with Gasteiger partial charge in [0.15, 0.2) is 0 Å². The van der Waals surface area contributed by atoms with Crippen molar-refractivity contribution in [3.8, 4) is 11.5 Å². The van der Waals surface area contributed by atoms with Crippen LogP contribution in [0.2, 0.25) is 0 Å². The summed E-state index contributed by atoms with van der Waals surface area (Å²) >= 11 is 0. The van der Waals surface area contributed by atoms with Gasteiger partial charge < -0.3 is 36.8 Å². The summed E-state index contributed by atoms with van der Waals surface area (Å²) < 4.78 is 0. The van der Waals surface area contributed by atoms with Crippen LogP contribution in [0.25, 0.3) is 0 Å². The second kappa shape index (κ2) is 12.0. The molecular formula is C24H35N5O2-2. The Labute approximate surface area is 185 Å². The lowest BCUT2D eigenvalue weighted by Crippen LogP contribution is -2.32. The van der Waals surface area contributed by atoms with Crippen LogP contribution in [0, 0.1) is 13.8 Å². The van der Waals surface area contributed by atoms with E-state index in [1.54, 1.807) is 0 Å². The SMILES string of the molecule is Cc1cc2c([O-])c(c1)CNCCNCc1cc(C)cc(c1[O-])CNCCNCCNC2. The number of benzene rings is 2. The monoisotopic (exact) mass is 425 g/mol. The summed E-state index contributed by atoms with van der Waals surface area (Å²) in [5.74, 6) is 0.231. The molecule has 0 unspecified atom stereocenters. The first-order valence-electron chi connectivity index (χ1n) is 11.2. The fourth-order valence-electron chi connectivity index (χ4n) is 3.93. The first-order valence-corrected chi connectivity index (χ1v) is 11.2. The lowest BCUT2D eigenvalue weighted by Gasteiger charge is -2.21. The van der Waals surface area contributed by atoms with E-state index in [0.29, 0.717) is 26.2 Å². The molecule has 0 atom stereocenters. The largest absolute Gasteiger partial charge is 0.872 e. The van der Waals surface area contributed by atoms with Gasteiger partial charge in [-0.3, -0.25) is 0 Å². The Hall–Kier alpha value is -2.16. The van der Waals surface area contributed by atoms with Gasteiger partial charge in [-0.15, -0.1) is 0 Å². The van der Waals surface area contributed by atoms with Gasteiger partial charge >= 0.3 is 0 Å². The standard InChI is InChI=1S/C24H37N5O2/c1-17-9-19-13-26-5-3-25-4-6-27-14-20-10-18(2)12-22(24(20)31)16-29-8-7-28-15-21(11-17)23(19)30/h9-12,25-31H,3-8,13-16H2,1-2H3/p-2. The Balaban J connectivity index is 1.65. The summed E-state index contributed by atoms with van der Waals surface area (Å²) in [5, 5.41) is 42.3. The van der Waals surface area contributed by atoms with Crippen molar-refractivity contribution in [2.75, 3.05) is 39.3 Å². The van der Waals surface area contributed by atoms with E-state index >= 15 is 0 Å². The molecule has 0 aromatic heterocycles. The summed E-state index contributed by atoms with van der Waals surface area (Å²) in [6, 6.07) is 7.88. The van der Waals surface area contributed by atoms with E-state index in [0.717, 1.165) is 72.6 Å².